The second-order valence-electron chi connectivity index (χ2n) is 6.27. The molecule has 26 heavy (non-hydrogen) atoms. The van der Waals surface area contributed by atoms with Gasteiger partial charge in [0.2, 0.25) is 5.91 Å². The van der Waals surface area contributed by atoms with E-state index in [0.717, 1.165) is 18.7 Å². The Morgan fingerprint density at radius 2 is 1.77 bits per heavy atom. The fraction of sp³-hybridized carbons (Fsp3) is 0.300. The molecule has 1 aliphatic heterocycles. The number of para-hydroxylation sites is 1. The molecular weight excluding hydrogens is 332 g/mol. The Bertz CT molecular complexity index is 746. The van der Waals surface area contributed by atoms with Crippen LogP contribution in [0.2, 0.25) is 0 Å². The van der Waals surface area contributed by atoms with Crippen molar-refractivity contribution in [2.45, 2.75) is 25.3 Å². The van der Waals surface area contributed by atoms with Gasteiger partial charge in [0.15, 0.2) is 0 Å². The molecule has 3 rings (SSSR count). The third-order valence-electron chi connectivity index (χ3n) is 4.39. The number of ether oxygens (including phenoxy) is 1. The summed E-state index contributed by atoms with van der Waals surface area (Å²) in [4.78, 5) is 25.1. The van der Waals surface area contributed by atoms with Crippen LogP contribution in [-0.4, -0.2) is 41.0 Å². The maximum absolute atomic E-state index is 12.1. The number of benzene rings is 2. The molecule has 6 heteroatoms. The Hall–Kier alpha value is -2.86. The molecule has 136 valence electrons. The molecule has 0 aliphatic carbocycles. The van der Waals surface area contributed by atoms with Crippen molar-refractivity contribution in [2.75, 3.05) is 18.4 Å². The van der Waals surface area contributed by atoms with Gasteiger partial charge in [-0.1, -0.05) is 18.2 Å². The third-order valence-corrected chi connectivity index (χ3v) is 4.39. The summed E-state index contributed by atoms with van der Waals surface area (Å²) in [6.07, 6.45) is 1.79. The van der Waals surface area contributed by atoms with Gasteiger partial charge in [-0.25, -0.2) is 0 Å². The number of carboxylic acid groups (broad SMARTS) is 1. The lowest BCUT2D eigenvalue weighted by Crippen LogP contribution is -2.37. The van der Waals surface area contributed by atoms with Crippen LogP contribution in [0.15, 0.2) is 54.6 Å². The van der Waals surface area contributed by atoms with E-state index in [9.17, 15) is 9.59 Å². The molecule has 0 spiro atoms. The predicted molar refractivity (Wildman–Crippen MR) is 98.4 cm³/mol. The smallest absolute Gasteiger partial charge is 0.320 e. The van der Waals surface area contributed by atoms with Crippen molar-refractivity contribution in [1.29, 1.82) is 0 Å². The third kappa shape index (κ3) is 4.83. The molecule has 2 aromatic carbocycles. The summed E-state index contributed by atoms with van der Waals surface area (Å²) in [7, 11) is 0. The topological polar surface area (TPSA) is 78.9 Å². The molecule has 1 saturated heterocycles. The van der Waals surface area contributed by atoms with Gasteiger partial charge in [-0.3, -0.25) is 14.5 Å². The van der Waals surface area contributed by atoms with E-state index in [0.29, 0.717) is 24.4 Å². The number of likely N-dealkylation sites (tertiary alicyclic amines) is 1. The van der Waals surface area contributed by atoms with E-state index >= 15 is 0 Å². The highest BCUT2D eigenvalue weighted by Gasteiger charge is 2.30. The zero-order valence-corrected chi connectivity index (χ0v) is 14.4. The lowest BCUT2D eigenvalue weighted by atomic mass is 10.2. The first-order valence-electron chi connectivity index (χ1n) is 8.71. The van der Waals surface area contributed by atoms with E-state index in [4.69, 9.17) is 9.84 Å². The van der Waals surface area contributed by atoms with Gasteiger partial charge in [-0.2, -0.15) is 0 Å². The fourth-order valence-corrected chi connectivity index (χ4v) is 3.07. The second-order valence-corrected chi connectivity index (χ2v) is 6.27. The van der Waals surface area contributed by atoms with Gasteiger partial charge in [-0.05, 0) is 55.8 Å². The van der Waals surface area contributed by atoms with Gasteiger partial charge in [-0.15, -0.1) is 0 Å². The normalized spacial score (nSPS) is 17.0. The van der Waals surface area contributed by atoms with Gasteiger partial charge in [0.05, 0.1) is 0 Å². The Kier molecular flexibility index (Phi) is 5.86. The summed E-state index contributed by atoms with van der Waals surface area (Å²) >= 11 is 0. The predicted octanol–water partition coefficient (Wildman–Crippen LogP) is 3.36. The average Bonchev–Trinajstić information content (AvgIpc) is 3.11. The summed E-state index contributed by atoms with van der Waals surface area (Å²) in [6.45, 7) is 1.19. The Morgan fingerprint density at radius 1 is 1.08 bits per heavy atom. The number of hydrogen-bond donors (Lipinski definition) is 2. The van der Waals surface area contributed by atoms with Crippen molar-refractivity contribution in [3.63, 3.8) is 0 Å². The lowest BCUT2D eigenvalue weighted by molar-refractivity contribution is -0.142. The van der Waals surface area contributed by atoms with E-state index in [-0.39, 0.29) is 12.3 Å². The molecule has 0 radical (unpaired) electrons. The number of amides is 1. The van der Waals surface area contributed by atoms with Crippen LogP contribution in [-0.2, 0) is 9.59 Å². The number of carbonyl (C=O) groups is 2. The number of carbonyl (C=O) groups excluding carboxylic acids is 1. The molecule has 1 atom stereocenters. The Morgan fingerprint density at radius 3 is 2.46 bits per heavy atom. The van der Waals surface area contributed by atoms with Gasteiger partial charge in [0.1, 0.15) is 17.5 Å². The number of aliphatic carboxylic acids is 1. The van der Waals surface area contributed by atoms with Gasteiger partial charge < -0.3 is 15.2 Å². The minimum atomic E-state index is -0.808. The van der Waals surface area contributed by atoms with Crippen molar-refractivity contribution in [1.82, 2.24) is 4.90 Å². The van der Waals surface area contributed by atoms with Crippen LogP contribution in [0.4, 0.5) is 5.69 Å². The standard InChI is InChI=1S/C20H22N2O4/c23-19(12-14-22-13-4-7-18(22)20(24)25)21-15-8-10-17(11-9-15)26-16-5-2-1-3-6-16/h1-3,5-6,8-11,18H,4,7,12-14H2,(H,21,23)(H,24,25)/t18-/m1/s1. The molecule has 2 aromatic rings. The Labute approximate surface area is 152 Å². The van der Waals surface area contributed by atoms with Gasteiger partial charge in [0, 0.05) is 18.7 Å². The molecule has 1 fully saturated rings. The Balaban J connectivity index is 1.48. The van der Waals surface area contributed by atoms with Crippen molar-refractivity contribution < 1.29 is 19.4 Å². The van der Waals surface area contributed by atoms with Crippen LogP contribution in [0.3, 0.4) is 0 Å². The summed E-state index contributed by atoms with van der Waals surface area (Å²) in [5.74, 6) is 0.508. The van der Waals surface area contributed by atoms with Crippen molar-refractivity contribution >= 4 is 17.6 Å². The molecule has 1 aliphatic rings. The van der Waals surface area contributed by atoms with E-state index in [2.05, 4.69) is 5.32 Å². The summed E-state index contributed by atoms with van der Waals surface area (Å²) in [5, 5.41) is 12.0. The number of rotatable bonds is 7. The summed E-state index contributed by atoms with van der Waals surface area (Å²) < 4.78 is 5.71. The second kappa shape index (κ2) is 8.49. The minimum absolute atomic E-state index is 0.127. The van der Waals surface area contributed by atoms with Gasteiger partial charge >= 0.3 is 5.97 Å². The fourth-order valence-electron chi connectivity index (χ4n) is 3.07. The SMILES string of the molecule is O=C(CCN1CCC[C@@H]1C(=O)O)Nc1ccc(Oc2ccccc2)cc1. The van der Waals surface area contributed by atoms with Gasteiger partial charge in [0.25, 0.3) is 0 Å². The maximum atomic E-state index is 12.1. The molecule has 0 aromatic heterocycles. The van der Waals surface area contributed by atoms with Crippen LogP contribution in [0, 0.1) is 0 Å². The maximum Gasteiger partial charge on any atom is 0.320 e. The molecule has 1 amide bonds. The van der Waals surface area contributed by atoms with Crippen molar-refractivity contribution in [2.24, 2.45) is 0 Å². The number of carboxylic acids is 1. The monoisotopic (exact) mass is 354 g/mol. The first-order chi connectivity index (χ1) is 12.6. The highest BCUT2D eigenvalue weighted by molar-refractivity contribution is 5.90. The molecule has 6 nitrogen and oxygen atoms in total. The summed E-state index contributed by atoms with van der Waals surface area (Å²) in [6, 6.07) is 16.2. The van der Waals surface area contributed by atoms with Crippen LogP contribution in [0.1, 0.15) is 19.3 Å². The van der Waals surface area contributed by atoms with Crippen LogP contribution in [0.5, 0.6) is 11.5 Å². The largest absolute Gasteiger partial charge is 0.480 e. The van der Waals surface area contributed by atoms with Crippen molar-refractivity contribution in [3.05, 3.63) is 54.6 Å². The van der Waals surface area contributed by atoms with E-state index < -0.39 is 12.0 Å². The van der Waals surface area contributed by atoms with Crippen molar-refractivity contribution in [3.8, 4) is 11.5 Å². The molecule has 0 saturated carbocycles. The zero-order chi connectivity index (χ0) is 18.4. The number of nitrogens with zero attached hydrogens (tertiary/aromatic N) is 1. The van der Waals surface area contributed by atoms with Crippen LogP contribution in [0.25, 0.3) is 0 Å². The molecule has 0 bridgehead atoms. The highest BCUT2D eigenvalue weighted by atomic mass is 16.5. The number of nitrogens with one attached hydrogen (secondary N) is 1. The van der Waals surface area contributed by atoms with E-state index in [1.54, 1.807) is 24.3 Å². The average molecular weight is 354 g/mol. The first-order valence-corrected chi connectivity index (χ1v) is 8.71. The zero-order valence-electron chi connectivity index (χ0n) is 14.4. The molecule has 0 unspecified atom stereocenters. The minimum Gasteiger partial charge on any atom is -0.480 e. The summed E-state index contributed by atoms with van der Waals surface area (Å²) in [5.41, 5.74) is 0.687. The highest BCUT2D eigenvalue weighted by Crippen LogP contribution is 2.23. The molecular formula is C20H22N2O4. The van der Waals surface area contributed by atoms with Crippen LogP contribution < -0.4 is 10.1 Å². The number of hydrogen-bond acceptors (Lipinski definition) is 4. The van der Waals surface area contributed by atoms with E-state index in [1.165, 1.54) is 0 Å². The number of anilines is 1. The molecule has 1 heterocycles. The van der Waals surface area contributed by atoms with Crippen LogP contribution >= 0.6 is 0 Å². The quantitative estimate of drug-likeness (QED) is 0.797. The molecule has 2 N–H and O–H groups in total. The first kappa shape index (κ1) is 17.9. The lowest BCUT2D eigenvalue weighted by Gasteiger charge is -2.20. The van der Waals surface area contributed by atoms with E-state index in [1.807, 2.05) is 35.2 Å².